The van der Waals surface area contributed by atoms with Crippen molar-refractivity contribution in [1.29, 1.82) is 0 Å². The monoisotopic (exact) mass is 289 g/mol. The second kappa shape index (κ2) is 7.25. The number of halogens is 1. The summed E-state index contributed by atoms with van der Waals surface area (Å²) >= 11 is 5.74. The van der Waals surface area contributed by atoms with E-state index in [-0.39, 0.29) is 12.5 Å². The number of ether oxygens (including phenoxy) is 1. The number of pyridine rings is 1. The van der Waals surface area contributed by atoms with Gasteiger partial charge in [-0.05, 0) is 36.4 Å². The van der Waals surface area contributed by atoms with Crippen LogP contribution < -0.4 is 10.2 Å². The third kappa shape index (κ3) is 4.70. The third-order valence-corrected chi connectivity index (χ3v) is 2.51. The Morgan fingerprint density at radius 2 is 2.10 bits per heavy atom. The van der Waals surface area contributed by atoms with E-state index in [1.54, 1.807) is 42.6 Å². The molecule has 1 amide bonds. The minimum absolute atomic E-state index is 0.124. The average Bonchev–Trinajstić information content (AvgIpc) is 2.48. The van der Waals surface area contributed by atoms with Crippen LogP contribution in [0.2, 0.25) is 5.02 Å². The number of nitrogens with zero attached hydrogens (tertiary/aromatic N) is 2. The lowest BCUT2D eigenvalue weighted by molar-refractivity contribution is -0.123. The van der Waals surface area contributed by atoms with Gasteiger partial charge < -0.3 is 4.74 Å². The molecule has 0 bridgehead atoms. The summed E-state index contributed by atoms with van der Waals surface area (Å²) in [7, 11) is 0. The molecule has 0 spiro atoms. The maximum atomic E-state index is 11.5. The zero-order valence-electron chi connectivity index (χ0n) is 10.5. The summed E-state index contributed by atoms with van der Waals surface area (Å²) in [6.07, 6.45) is 3.10. The van der Waals surface area contributed by atoms with Gasteiger partial charge in [-0.1, -0.05) is 17.7 Å². The van der Waals surface area contributed by atoms with Crippen LogP contribution in [-0.4, -0.2) is 23.7 Å². The number of rotatable bonds is 5. The Kier molecular flexibility index (Phi) is 5.08. The molecule has 0 atom stereocenters. The smallest absolute Gasteiger partial charge is 0.277 e. The molecule has 2 aromatic rings. The Morgan fingerprint density at radius 1 is 1.30 bits per heavy atom. The van der Waals surface area contributed by atoms with Crippen molar-refractivity contribution < 1.29 is 9.53 Å². The van der Waals surface area contributed by atoms with Gasteiger partial charge in [-0.2, -0.15) is 5.10 Å². The van der Waals surface area contributed by atoms with Gasteiger partial charge in [-0.15, -0.1) is 0 Å². The van der Waals surface area contributed by atoms with Gasteiger partial charge in [-0.3, -0.25) is 9.78 Å². The van der Waals surface area contributed by atoms with Crippen LogP contribution in [0.1, 0.15) is 5.69 Å². The van der Waals surface area contributed by atoms with E-state index in [0.717, 1.165) is 0 Å². The molecule has 20 heavy (non-hydrogen) atoms. The first kappa shape index (κ1) is 14.0. The third-order valence-electron chi connectivity index (χ3n) is 2.26. The normalized spacial score (nSPS) is 10.4. The molecule has 0 radical (unpaired) electrons. The van der Waals surface area contributed by atoms with Gasteiger partial charge in [-0.25, -0.2) is 5.43 Å². The van der Waals surface area contributed by atoms with Gasteiger partial charge in [0.25, 0.3) is 5.91 Å². The molecular weight excluding hydrogens is 278 g/mol. The van der Waals surface area contributed by atoms with Crippen LogP contribution in [0, 0.1) is 0 Å². The summed E-state index contributed by atoms with van der Waals surface area (Å²) in [4.78, 5) is 15.5. The number of benzene rings is 1. The van der Waals surface area contributed by atoms with E-state index in [9.17, 15) is 4.79 Å². The molecule has 0 saturated carbocycles. The molecule has 0 fully saturated rings. The molecule has 0 aliphatic rings. The Bertz CT molecular complexity index is 585. The number of hydrogen-bond acceptors (Lipinski definition) is 4. The predicted molar refractivity (Wildman–Crippen MR) is 76.9 cm³/mol. The van der Waals surface area contributed by atoms with E-state index in [0.29, 0.717) is 16.5 Å². The number of nitrogens with one attached hydrogen (secondary N) is 1. The van der Waals surface area contributed by atoms with Crippen LogP contribution in [0.15, 0.2) is 53.8 Å². The number of hydrazone groups is 1. The lowest BCUT2D eigenvalue weighted by Crippen LogP contribution is -2.24. The summed E-state index contributed by atoms with van der Waals surface area (Å²) < 4.78 is 5.27. The second-order valence-corrected chi connectivity index (χ2v) is 4.23. The van der Waals surface area contributed by atoms with Gasteiger partial charge in [0.05, 0.1) is 11.9 Å². The summed E-state index contributed by atoms with van der Waals surface area (Å²) in [5, 5.41) is 4.39. The molecule has 6 heteroatoms. The minimum atomic E-state index is -0.355. The van der Waals surface area contributed by atoms with Crippen molar-refractivity contribution >= 4 is 23.7 Å². The van der Waals surface area contributed by atoms with Crippen LogP contribution in [-0.2, 0) is 4.79 Å². The first-order valence-corrected chi connectivity index (χ1v) is 6.23. The largest absolute Gasteiger partial charge is 0.484 e. The van der Waals surface area contributed by atoms with Crippen molar-refractivity contribution in [2.24, 2.45) is 5.10 Å². The van der Waals surface area contributed by atoms with Crippen molar-refractivity contribution in [3.05, 3.63) is 59.4 Å². The van der Waals surface area contributed by atoms with Gasteiger partial charge in [0.15, 0.2) is 6.61 Å². The lowest BCUT2D eigenvalue weighted by Gasteiger charge is -2.04. The van der Waals surface area contributed by atoms with Crippen LogP contribution in [0.3, 0.4) is 0 Å². The van der Waals surface area contributed by atoms with Crippen molar-refractivity contribution in [2.45, 2.75) is 0 Å². The SMILES string of the molecule is O=C(COc1ccc(Cl)cc1)NN=Cc1ccccn1. The summed E-state index contributed by atoms with van der Waals surface area (Å²) in [5.41, 5.74) is 3.01. The van der Waals surface area contributed by atoms with E-state index in [2.05, 4.69) is 15.5 Å². The van der Waals surface area contributed by atoms with Gasteiger partial charge in [0.1, 0.15) is 5.75 Å². The summed E-state index contributed by atoms with van der Waals surface area (Å²) in [6, 6.07) is 12.2. The van der Waals surface area contributed by atoms with Crippen LogP contribution in [0.4, 0.5) is 0 Å². The first-order valence-electron chi connectivity index (χ1n) is 5.85. The van der Waals surface area contributed by atoms with Gasteiger partial charge >= 0.3 is 0 Å². The average molecular weight is 290 g/mol. The maximum Gasteiger partial charge on any atom is 0.277 e. The van der Waals surface area contributed by atoms with E-state index >= 15 is 0 Å². The minimum Gasteiger partial charge on any atom is -0.484 e. The fourth-order valence-corrected chi connectivity index (χ4v) is 1.46. The summed E-state index contributed by atoms with van der Waals surface area (Å²) in [5.74, 6) is 0.213. The highest BCUT2D eigenvalue weighted by molar-refractivity contribution is 6.30. The highest BCUT2D eigenvalue weighted by Crippen LogP contribution is 2.15. The van der Waals surface area contributed by atoms with E-state index in [1.807, 2.05) is 6.07 Å². The fourth-order valence-electron chi connectivity index (χ4n) is 1.33. The standard InChI is InChI=1S/C14H12ClN3O2/c15-11-4-6-13(7-5-11)20-10-14(19)18-17-9-12-3-1-2-8-16-12/h1-9H,10H2,(H,18,19). The zero-order valence-corrected chi connectivity index (χ0v) is 11.2. The first-order chi connectivity index (χ1) is 9.74. The number of carbonyl (C=O) groups is 1. The molecule has 1 aromatic carbocycles. The van der Waals surface area contributed by atoms with E-state index < -0.39 is 0 Å². The number of amides is 1. The van der Waals surface area contributed by atoms with Crippen molar-refractivity contribution in [3.63, 3.8) is 0 Å². The second-order valence-electron chi connectivity index (χ2n) is 3.79. The van der Waals surface area contributed by atoms with E-state index in [1.165, 1.54) is 6.21 Å². The van der Waals surface area contributed by atoms with Crippen molar-refractivity contribution in [2.75, 3.05) is 6.61 Å². The highest BCUT2D eigenvalue weighted by atomic mass is 35.5. The molecule has 102 valence electrons. The highest BCUT2D eigenvalue weighted by Gasteiger charge is 2.01. The molecule has 1 heterocycles. The summed E-state index contributed by atoms with van der Waals surface area (Å²) in [6.45, 7) is -0.124. The molecule has 0 unspecified atom stereocenters. The van der Waals surface area contributed by atoms with Crippen LogP contribution in [0.25, 0.3) is 0 Å². The molecule has 1 aromatic heterocycles. The number of aromatic nitrogens is 1. The van der Waals surface area contributed by atoms with E-state index in [4.69, 9.17) is 16.3 Å². The molecule has 1 N–H and O–H groups in total. The van der Waals surface area contributed by atoms with Gasteiger partial charge in [0.2, 0.25) is 0 Å². The van der Waals surface area contributed by atoms with Gasteiger partial charge in [0, 0.05) is 11.2 Å². The van der Waals surface area contributed by atoms with Crippen molar-refractivity contribution in [3.8, 4) is 5.75 Å². The number of hydrogen-bond donors (Lipinski definition) is 1. The van der Waals surface area contributed by atoms with Crippen molar-refractivity contribution in [1.82, 2.24) is 10.4 Å². The number of carbonyl (C=O) groups excluding carboxylic acids is 1. The topological polar surface area (TPSA) is 63.6 Å². The Labute approximate surface area is 121 Å². The molecular formula is C14H12ClN3O2. The predicted octanol–water partition coefficient (Wildman–Crippen LogP) is 2.26. The molecule has 0 saturated heterocycles. The maximum absolute atomic E-state index is 11.5. The zero-order chi connectivity index (χ0) is 14.2. The Morgan fingerprint density at radius 3 is 2.80 bits per heavy atom. The Hall–Kier alpha value is -2.40. The molecule has 2 rings (SSSR count). The lowest BCUT2D eigenvalue weighted by atomic mass is 10.3. The molecule has 0 aliphatic carbocycles. The van der Waals surface area contributed by atoms with Crippen LogP contribution in [0.5, 0.6) is 5.75 Å². The quantitative estimate of drug-likeness (QED) is 0.678. The Balaban J connectivity index is 1.76. The molecule has 0 aliphatic heterocycles. The molecule has 5 nitrogen and oxygen atoms in total. The van der Waals surface area contributed by atoms with Crippen LogP contribution >= 0.6 is 11.6 Å². The fraction of sp³-hybridized carbons (Fsp3) is 0.0714.